The Balaban J connectivity index is 2.47. The molecular weight excluding hydrogens is 254 g/mol. The lowest BCUT2D eigenvalue weighted by atomic mass is 10.1. The number of aliphatic hydroxyl groups excluding tert-OH is 1. The number of amides is 3. The average Bonchev–Trinajstić information content (AvgIpc) is 2.30. The number of urea groups is 1. The maximum atomic E-state index is 11.6. The minimum Gasteiger partial charge on any atom is -0.480 e. The highest BCUT2D eigenvalue weighted by molar-refractivity contribution is 5.83. The first-order chi connectivity index (χ1) is 8.81. The van der Waals surface area contributed by atoms with Crippen molar-refractivity contribution in [2.45, 2.75) is 38.0 Å². The van der Waals surface area contributed by atoms with Crippen molar-refractivity contribution >= 4 is 17.9 Å². The number of aliphatic hydroxyl groups is 1. The van der Waals surface area contributed by atoms with Crippen LogP contribution in [-0.2, 0) is 9.59 Å². The fourth-order valence-electron chi connectivity index (χ4n) is 1.89. The Morgan fingerprint density at radius 2 is 2.11 bits per heavy atom. The van der Waals surface area contributed by atoms with Crippen molar-refractivity contribution in [2.75, 3.05) is 13.6 Å². The fraction of sp³-hybridized carbons (Fsp3) is 0.727. The van der Waals surface area contributed by atoms with Crippen LogP contribution in [0.5, 0.6) is 0 Å². The SMILES string of the molecule is CC(O)C(NC(=O)NC1CCC(=O)N(C)C1)C(=O)O. The molecule has 1 rings (SSSR count). The highest BCUT2D eigenvalue weighted by atomic mass is 16.4. The normalized spacial score (nSPS) is 22.6. The van der Waals surface area contributed by atoms with Gasteiger partial charge in [0.1, 0.15) is 0 Å². The van der Waals surface area contributed by atoms with E-state index < -0.39 is 24.1 Å². The van der Waals surface area contributed by atoms with E-state index in [2.05, 4.69) is 10.6 Å². The molecule has 108 valence electrons. The molecule has 1 heterocycles. The van der Waals surface area contributed by atoms with Gasteiger partial charge in [0.15, 0.2) is 6.04 Å². The first-order valence-corrected chi connectivity index (χ1v) is 6.03. The molecule has 0 aromatic rings. The molecule has 0 aromatic carbocycles. The average molecular weight is 273 g/mol. The van der Waals surface area contributed by atoms with E-state index in [1.807, 2.05) is 0 Å². The third-order valence-corrected chi connectivity index (χ3v) is 3.00. The van der Waals surface area contributed by atoms with E-state index in [4.69, 9.17) is 5.11 Å². The van der Waals surface area contributed by atoms with Crippen LogP contribution in [0.4, 0.5) is 4.79 Å². The summed E-state index contributed by atoms with van der Waals surface area (Å²) in [5.41, 5.74) is 0. The smallest absolute Gasteiger partial charge is 0.328 e. The highest BCUT2D eigenvalue weighted by Gasteiger charge is 2.28. The number of rotatable bonds is 4. The molecule has 8 heteroatoms. The molecule has 1 saturated heterocycles. The summed E-state index contributed by atoms with van der Waals surface area (Å²) in [6.45, 7) is 1.67. The van der Waals surface area contributed by atoms with E-state index in [0.29, 0.717) is 19.4 Å². The van der Waals surface area contributed by atoms with Crippen molar-refractivity contribution in [1.29, 1.82) is 0 Å². The molecule has 8 nitrogen and oxygen atoms in total. The molecule has 1 aliphatic heterocycles. The summed E-state index contributed by atoms with van der Waals surface area (Å²) in [4.78, 5) is 35.2. The molecule has 1 fully saturated rings. The number of carbonyl (C=O) groups excluding carboxylic acids is 2. The third-order valence-electron chi connectivity index (χ3n) is 3.00. The Kier molecular flexibility index (Phi) is 5.11. The van der Waals surface area contributed by atoms with Crippen molar-refractivity contribution in [2.24, 2.45) is 0 Å². The van der Waals surface area contributed by atoms with Gasteiger partial charge in [-0.05, 0) is 13.3 Å². The summed E-state index contributed by atoms with van der Waals surface area (Å²) in [6.07, 6.45) is -0.331. The van der Waals surface area contributed by atoms with Crippen molar-refractivity contribution in [3.8, 4) is 0 Å². The number of carboxylic acids is 1. The first-order valence-electron chi connectivity index (χ1n) is 6.03. The second-order valence-electron chi connectivity index (χ2n) is 4.68. The van der Waals surface area contributed by atoms with Gasteiger partial charge in [-0.3, -0.25) is 4.79 Å². The third kappa shape index (κ3) is 4.40. The van der Waals surface area contributed by atoms with E-state index in [1.165, 1.54) is 11.8 Å². The van der Waals surface area contributed by atoms with E-state index in [0.717, 1.165) is 0 Å². The molecule has 3 unspecified atom stereocenters. The number of nitrogens with zero attached hydrogens (tertiary/aromatic N) is 1. The molecule has 3 amide bonds. The molecule has 0 saturated carbocycles. The van der Waals surface area contributed by atoms with Gasteiger partial charge in [-0.25, -0.2) is 9.59 Å². The first kappa shape index (κ1) is 15.2. The lowest BCUT2D eigenvalue weighted by Crippen LogP contribution is -2.56. The zero-order valence-corrected chi connectivity index (χ0v) is 10.9. The number of carbonyl (C=O) groups is 3. The van der Waals surface area contributed by atoms with Crippen LogP contribution in [-0.4, -0.2) is 64.8 Å². The van der Waals surface area contributed by atoms with Crippen molar-refractivity contribution < 1.29 is 24.6 Å². The van der Waals surface area contributed by atoms with Gasteiger partial charge in [-0.15, -0.1) is 0 Å². The van der Waals surface area contributed by atoms with Gasteiger partial charge in [-0.2, -0.15) is 0 Å². The number of piperidine rings is 1. The van der Waals surface area contributed by atoms with Gasteiger partial charge >= 0.3 is 12.0 Å². The van der Waals surface area contributed by atoms with Crippen LogP contribution in [0.1, 0.15) is 19.8 Å². The second kappa shape index (κ2) is 6.37. The zero-order valence-electron chi connectivity index (χ0n) is 10.9. The standard InChI is InChI=1S/C11H19N3O5/c1-6(15)9(10(17)18)13-11(19)12-7-3-4-8(16)14(2)5-7/h6-7,9,15H,3-5H2,1-2H3,(H,17,18)(H2,12,13,19). The van der Waals surface area contributed by atoms with E-state index >= 15 is 0 Å². The monoisotopic (exact) mass is 273 g/mol. The predicted molar refractivity (Wildman–Crippen MR) is 65.4 cm³/mol. The van der Waals surface area contributed by atoms with E-state index in [1.54, 1.807) is 7.05 Å². The van der Waals surface area contributed by atoms with Gasteiger partial charge < -0.3 is 25.7 Å². The maximum absolute atomic E-state index is 11.6. The van der Waals surface area contributed by atoms with Crippen LogP contribution >= 0.6 is 0 Å². The second-order valence-corrected chi connectivity index (χ2v) is 4.68. The maximum Gasteiger partial charge on any atom is 0.328 e. The number of nitrogens with one attached hydrogen (secondary N) is 2. The lowest BCUT2D eigenvalue weighted by molar-refractivity contribution is -0.141. The minimum atomic E-state index is -1.36. The van der Waals surface area contributed by atoms with Crippen LogP contribution < -0.4 is 10.6 Å². The Morgan fingerprint density at radius 1 is 1.47 bits per heavy atom. The molecule has 0 bridgehead atoms. The van der Waals surface area contributed by atoms with Crippen molar-refractivity contribution in [3.63, 3.8) is 0 Å². The van der Waals surface area contributed by atoms with Gasteiger partial charge in [0.2, 0.25) is 5.91 Å². The van der Waals surface area contributed by atoms with Crippen LogP contribution in [0.15, 0.2) is 0 Å². The summed E-state index contributed by atoms with van der Waals surface area (Å²) in [5, 5.41) is 22.8. The van der Waals surface area contributed by atoms with Crippen molar-refractivity contribution in [1.82, 2.24) is 15.5 Å². The Bertz CT molecular complexity index is 371. The Morgan fingerprint density at radius 3 is 2.58 bits per heavy atom. The van der Waals surface area contributed by atoms with Crippen molar-refractivity contribution in [3.05, 3.63) is 0 Å². The summed E-state index contributed by atoms with van der Waals surface area (Å²) < 4.78 is 0. The lowest BCUT2D eigenvalue weighted by Gasteiger charge is -2.30. The summed E-state index contributed by atoms with van der Waals surface area (Å²) in [7, 11) is 1.64. The van der Waals surface area contributed by atoms with E-state index in [-0.39, 0.29) is 11.9 Å². The molecular formula is C11H19N3O5. The predicted octanol–water partition coefficient (Wildman–Crippen LogP) is -1.26. The largest absolute Gasteiger partial charge is 0.480 e. The molecule has 19 heavy (non-hydrogen) atoms. The zero-order chi connectivity index (χ0) is 14.6. The van der Waals surface area contributed by atoms with Gasteiger partial charge in [0.25, 0.3) is 0 Å². The van der Waals surface area contributed by atoms with Gasteiger partial charge in [-0.1, -0.05) is 0 Å². The minimum absolute atomic E-state index is 0.0193. The molecule has 0 aromatic heterocycles. The van der Waals surface area contributed by atoms with Gasteiger partial charge in [0, 0.05) is 26.1 Å². The Labute approximate surface area is 110 Å². The molecule has 3 atom stereocenters. The molecule has 0 radical (unpaired) electrons. The molecule has 0 spiro atoms. The van der Waals surface area contributed by atoms with Crippen LogP contribution in [0.25, 0.3) is 0 Å². The van der Waals surface area contributed by atoms with Crippen LogP contribution in [0.3, 0.4) is 0 Å². The van der Waals surface area contributed by atoms with Crippen LogP contribution in [0.2, 0.25) is 0 Å². The van der Waals surface area contributed by atoms with Crippen LogP contribution in [0, 0.1) is 0 Å². The number of carboxylic acid groups (broad SMARTS) is 1. The number of hydrogen-bond acceptors (Lipinski definition) is 4. The summed E-state index contributed by atoms with van der Waals surface area (Å²) in [5.74, 6) is -1.29. The Hall–Kier alpha value is -1.83. The topological polar surface area (TPSA) is 119 Å². The quantitative estimate of drug-likeness (QED) is 0.510. The fourth-order valence-corrected chi connectivity index (χ4v) is 1.89. The molecule has 1 aliphatic rings. The number of aliphatic carboxylic acids is 1. The number of likely N-dealkylation sites (tertiary alicyclic amines) is 1. The summed E-state index contributed by atoms with van der Waals surface area (Å²) >= 11 is 0. The number of hydrogen-bond donors (Lipinski definition) is 4. The summed E-state index contributed by atoms with van der Waals surface area (Å²) in [6, 6.07) is -2.24. The highest BCUT2D eigenvalue weighted by Crippen LogP contribution is 2.09. The van der Waals surface area contributed by atoms with Gasteiger partial charge in [0.05, 0.1) is 6.10 Å². The van der Waals surface area contributed by atoms with E-state index in [9.17, 15) is 19.5 Å². The molecule has 4 N–H and O–H groups in total. The molecule has 0 aliphatic carbocycles. The number of likely N-dealkylation sites (N-methyl/N-ethyl adjacent to an activating group) is 1.